The summed E-state index contributed by atoms with van der Waals surface area (Å²) in [6.45, 7) is -4.89. The summed E-state index contributed by atoms with van der Waals surface area (Å²) in [6, 6.07) is 0. The van der Waals surface area contributed by atoms with Crippen molar-refractivity contribution in [1.29, 1.82) is 0 Å². The van der Waals surface area contributed by atoms with Crippen molar-refractivity contribution in [3.63, 3.8) is 0 Å². The normalized spacial score (nSPS) is 16.6. The molecular formula is C7H9BF3KN2. The Morgan fingerprint density at radius 2 is 2.00 bits per heavy atom. The second kappa shape index (κ2) is 4.29. The molecule has 0 aliphatic heterocycles. The molecule has 0 unspecified atom stereocenters. The van der Waals surface area contributed by atoms with Gasteiger partial charge in [-0.1, -0.05) is 5.46 Å². The third-order valence-corrected chi connectivity index (χ3v) is 2.20. The first-order valence-electron chi connectivity index (χ1n) is 4.22. The Hall–Kier alpha value is 0.701. The zero-order valence-electron chi connectivity index (χ0n) is 8.17. The largest absolute Gasteiger partial charge is 1.00 e. The summed E-state index contributed by atoms with van der Waals surface area (Å²) < 4.78 is 38.6. The standard InChI is InChI=1S/C7H9BF3N2.K/c1-13-4-6(8(9,10)11)7(12-13)5-2-3-5;/h4-5H,2-3H2,1H3;/q-1;+1. The van der Waals surface area contributed by atoms with Gasteiger partial charge in [0.15, 0.2) is 0 Å². The smallest absolute Gasteiger partial charge is 0.445 e. The minimum Gasteiger partial charge on any atom is -0.445 e. The molecule has 0 aromatic carbocycles. The summed E-state index contributed by atoms with van der Waals surface area (Å²) in [7, 11) is 1.52. The van der Waals surface area contributed by atoms with Gasteiger partial charge in [-0.25, -0.2) is 0 Å². The number of hydrogen-bond acceptors (Lipinski definition) is 1. The molecule has 1 fully saturated rings. The van der Waals surface area contributed by atoms with E-state index in [1.165, 1.54) is 11.7 Å². The molecule has 0 N–H and O–H groups in total. The molecule has 0 radical (unpaired) electrons. The van der Waals surface area contributed by atoms with Crippen LogP contribution < -0.4 is 56.8 Å². The van der Waals surface area contributed by atoms with Gasteiger partial charge in [0.05, 0.1) is 0 Å². The van der Waals surface area contributed by atoms with Gasteiger partial charge >= 0.3 is 58.4 Å². The maximum absolute atomic E-state index is 12.5. The van der Waals surface area contributed by atoms with Crippen LogP contribution in [0.2, 0.25) is 0 Å². The van der Waals surface area contributed by atoms with E-state index >= 15 is 0 Å². The average molecular weight is 228 g/mol. The fourth-order valence-electron chi connectivity index (χ4n) is 1.45. The maximum atomic E-state index is 12.5. The van der Waals surface area contributed by atoms with E-state index < -0.39 is 12.4 Å². The Labute approximate surface area is 123 Å². The molecule has 1 aliphatic rings. The Morgan fingerprint density at radius 1 is 1.43 bits per heavy atom. The van der Waals surface area contributed by atoms with Crippen LogP contribution in [-0.2, 0) is 7.05 Å². The van der Waals surface area contributed by atoms with E-state index in [0.717, 1.165) is 19.0 Å². The van der Waals surface area contributed by atoms with Crippen molar-refractivity contribution in [2.45, 2.75) is 18.8 Å². The third-order valence-electron chi connectivity index (χ3n) is 2.20. The van der Waals surface area contributed by atoms with Crippen LogP contribution in [0.15, 0.2) is 6.20 Å². The minimum atomic E-state index is -4.89. The monoisotopic (exact) mass is 228 g/mol. The van der Waals surface area contributed by atoms with E-state index in [-0.39, 0.29) is 63.0 Å². The number of hydrogen-bond donors (Lipinski definition) is 0. The average Bonchev–Trinajstić information content (AvgIpc) is 2.73. The first-order valence-corrected chi connectivity index (χ1v) is 4.22. The molecule has 0 bridgehead atoms. The van der Waals surface area contributed by atoms with Crippen molar-refractivity contribution in [2.24, 2.45) is 7.05 Å². The Bertz CT molecular complexity index is 332. The summed E-state index contributed by atoms with van der Waals surface area (Å²) in [5.74, 6) is 0.0553. The van der Waals surface area contributed by atoms with Gasteiger partial charge < -0.3 is 12.9 Å². The van der Waals surface area contributed by atoms with Gasteiger partial charge in [-0.05, 0) is 19.0 Å². The summed E-state index contributed by atoms with van der Waals surface area (Å²) in [6.07, 6.45) is 2.76. The zero-order chi connectivity index (χ0) is 9.64. The van der Waals surface area contributed by atoms with Crippen LogP contribution in [0.25, 0.3) is 0 Å². The number of halogens is 3. The van der Waals surface area contributed by atoms with E-state index in [4.69, 9.17) is 0 Å². The summed E-state index contributed by atoms with van der Waals surface area (Å²) in [4.78, 5) is 0. The van der Waals surface area contributed by atoms with E-state index in [1.807, 2.05) is 0 Å². The summed E-state index contributed by atoms with van der Waals surface area (Å²) >= 11 is 0. The molecule has 72 valence electrons. The molecule has 1 aliphatic carbocycles. The molecule has 2 nitrogen and oxygen atoms in total. The molecule has 0 saturated heterocycles. The van der Waals surface area contributed by atoms with E-state index in [0.29, 0.717) is 0 Å². The van der Waals surface area contributed by atoms with Crippen LogP contribution in [0.1, 0.15) is 24.5 Å². The van der Waals surface area contributed by atoms with Crippen LogP contribution in [0.3, 0.4) is 0 Å². The second-order valence-electron chi connectivity index (χ2n) is 3.49. The van der Waals surface area contributed by atoms with Crippen molar-refractivity contribution in [1.82, 2.24) is 9.78 Å². The molecular weight excluding hydrogens is 219 g/mol. The van der Waals surface area contributed by atoms with Gasteiger partial charge in [-0.3, -0.25) is 4.68 Å². The van der Waals surface area contributed by atoms with Crippen LogP contribution in [0.5, 0.6) is 0 Å². The van der Waals surface area contributed by atoms with Crippen LogP contribution in [0.4, 0.5) is 12.9 Å². The summed E-state index contributed by atoms with van der Waals surface area (Å²) in [5.41, 5.74) is -0.264. The predicted octanol–water partition coefficient (Wildman–Crippen LogP) is -1.64. The molecule has 1 saturated carbocycles. The van der Waals surface area contributed by atoms with Gasteiger partial charge in [0.1, 0.15) is 0 Å². The first-order chi connectivity index (χ1) is 5.98. The Kier molecular flexibility index (Phi) is 3.91. The van der Waals surface area contributed by atoms with Gasteiger partial charge in [0.2, 0.25) is 0 Å². The van der Waals surface area contributed by atoms with Crippen LogP contribution in [0, 0.1) is 0 Å². The number of rotatable bonds is 2. The number of nitrogens with zero attached hydrogens (tertiary/aromatic N) is 2. The quantitative estimate of drug-likeness (QED) is 0.555. The zero-order valence-corrected chi connectivity index (χ0v) is 11.3. The van der Waals surface area contributed by atoms with Gasteiger partial charge in [-0.15, -0.1) is 0 Å². The van der Waals surface area contributed by atoms with Crippen molar-refractivity contribution in [3.8, 4) is 0 Å². The topological polar surface area (TPSA) is 17.8 Å². The van der Waals surface area contributed by atoms with Crippen molar-refractivity contribution < 1.29 is 64.3 Å². The van der Waals surface area contributed by atoms with Crippen molar-refractivity contribution in [3.05, 3.63) is 11.9 Å². The summed E-state index contributed by atoms with van der Waals surface area (Å²) in [5, 5.41) is 3.85. The molecule has 0 amide bonds. The molecule has 0 spiro atoms. The van der Waals surface area contributed by atoms with Crippen molar-refractivity contribution in [2.75, 3.05) is 0 Å². The van der Waals surface area contributed by atoms with Crippen LogP contribution >= 0.6 is 0 Å². The molecule has 1 aromatic rings. The molecule has 1 aromatic heterocycles. The first kappa shape index (κ1) is 12.8. The maximum Gasteiger partial charge on any atom is 1.00 e. The third kappa shape index (κ3) is 2.63. The minimum absolute atomic E-state index is 0. The molecule has 1 heterocycles. The van der Waals surface area contributed by atoms with E-state index in [9.17, 15) is 12.9 Å². The Morgan fingerprint density at radius 3 is 2.43 bits per heavy atom. The number of aryl methyl sites for hydroxylation is 1. The van der Waals surface area contributed by atoms with E-state index in [2.05, 4.69) is 5.10 Å². The fraction of sp³-hybridized carbons (Fsp3) is 0.571. The van der Waals surface area contributed by atoms with Crippen LogP contribution in [-0.4, -0.2) is 16.8 Å². The van der Waals surface area contributed by atoms with Gasteiger partial charge in [0, 0.05) is 18.7 Å². The Balaban J connectivity index is 0.000000980. The molecule has 7 heteroatoms. The molecule has 14 heavy (non-hydrogen) atoms. The van der Waals surface area contributed by atoms with E-state index in [1.54, 1.807) is 0 Å². The van der Waals surface area contributed by atoms with Crippen molar-refractivity contribution >= 4 is 12.4 Å². The van der Waals surface area contributed by atoms with Gasteiger partial charge in [0.25, 0.3) is 0 Å². The SMILES string of the molecule is Cn1cc([B-](F)(F)F)c(C2CC2)n1.[K+]. The fourth-order valence-corrected chi connectivity index (χ4v) is 1.45. The molecule has 2 rings (SSSR count). The second-order valence-corrected chi connectivity index (χ2v) is 3.49. The predicted molar refractivity (Wildman–Crippen MR) is 43.9 cm³/mol. The van der Waals surface area contributed by atoms with Gasteiger partial charge in [-0.2, -0.15) is 5.10 Å². The molecule has 0 atom stereocenters. The number of aromatic nitrogens is 2.